The Bertz CT molecular complexity index is 1510. The van der Waals surface area contributed by atoms with Gasteiger partial charge in [-0.1, -0.05) is 61.0 Å². The molecule has 1 aliphatic rings. The Kier molecular flexibility index (Phi) is 7.55. The highest BCUT2D eigenvalue weighted by molar-refractivity contribution is 6.46. The van der Waals surface area contributed by atoms with Crippen LogP contribution in [0, 0.1) is 6.92 Å². The van der Waals surface area contributed by atoms with Gasteiger partial charge in [-0.15, -0.1) is 0 Å². The largest absolute Gasteiger partial charge is 0.507 e. The molecule has 2 heterocycles. The summed E-state index contributed by atoms with van der Waals surface area (Å²) >= 11 is 0. The van der Waals surface area contributed by atoms with Gasteiger partial charge in [0, 0.05) is 24.5 Å². The van der Waals surface area contributed by atoms with E-state index in [2.05, 4.69) is 18.0 Å². The molecular formula is C33H30N2O4. The molecule has 6 heteroatoms. The Morgan fingerprint density at radius 1 is 0.897 bits per heavy atom. The van der Waals surface area contributed by atoms with Gasteiger partial charge in [0.25, 0.3) is 11.7 Å². The maximum atomic E-state index is 13.3. The summed E-state index contributed by atoms with van der Waals surface area (Å²) in [6.07, 6.45) is 4.18. The summed E-state index contributed by atoms with van der Waals surface area (Å²) in [6, 6.07) is 25.7. The molecule has 196 valence electrons. The van der Waals surface area contributed by atoms with Gasteiger partial charge in [-0.3, -0.25) is 14.6 Å². The van der Waals surface area contributed by atoms with Gasteiger partial charge in [-0.2, -0.15) is 0 Å². The number of aromatic nitrogens is 1. The highest BCUT2D eigenvalue weighted by Gasteiger charge is 2.46. The van der Waals surface area contributed by atoms with Gasteiger partial charge in [0.1, 0.15) is 18.1 Å². The van der Waals surface area contributed by atoms with Crippen molar-refractivity contribution in [2.75, 3.05) is 0 Å². The second-order valence-electron chi connectivity index (χ2n) is 9.68. The number of carbonyl (C=O) groups is 2. The van der Waals surface area contributed by atoms with Crippen LogP contribution < -0.4 is 4.74 Å². The minimum atomic E-state index is -0.721. The van der Waals surface area contributed by atoms with Gasteiger partial charge in [-0.25, -0.2) is 0 Å². The zero-order valence-corrected chi connectivity index (χ0v) is 22.0. The number of aliphatic hydroxyl groups excluding tert-OH is 1. The van der Waals surface area contributed by atoms with E-state index in [1.807, 2.05) is 61.5 Å². The molecule has 0 bridgehead atoms. The van der Waals surface area contributed by atoms with Crippen LogP contribution in [0.15, 0.2) is 103 Å². The van der Waals surface area contributed by atoms with Crippen molar-refractivity contribution in [3.63, 3.8) is 0 Å². The SMILES string of the molecule is CCc1ccc(C2/C(=C(/O)c3ccc(OCc4cccc(C)c4)cc3)C(=O)C(=O)N2Cc2ccncc2)cc1. The predicted molar refractivity (Wildman–Crippen MR) is 150 cm³/mol. The van der Waals surface area contributed by atoms with Crippen LogP contribution in [0.3, 0.4) is 0 Å². The first-order chi connectivity index (χ1) is 18.9. The average molecular weight is 519 g/mol. The molecule has 3 aromatic carbocycles. The molecule has 1 unspecified atom stereocenters. The number of carbonyl (C=O) groups excluding carboxylic acids is 2. The third-order valence-electron chi connectivity index (χ3n) is 6.96. The van der Waals surface area contributed by atoms with Crippen LogP contribution in [-0.2, 0) is 29.2 Å². The van der Waals surface area contributed by atoms with E-state index in [4.69, 9.17) is 4.74 Å². The zero-order valence-electron chi connectivity index (χ0n) is 22.0. The number of amides is 1. The Balaban J connectivity index is 1.47. The number of aryl methyl sites for hydroxylation is 2. The number of pyridine rings is 1. The van der Waals surface area contributed by atoms with E-state index in [0.717, 1.165) is 34.2 Å². The van der Waals surface area contributed by atoms with Crippen LogP contribution in [0.5, 0.6) is 5.75 Å². The smallest absolute Gasteiger partial charge is 0.295 e. The van der Waals surface area contributed by atoms with Crippen molar-refractivity contribution >= 4 is 17.4 Å². The van der Waals surface area contributed by atoms with Gasteiger partial charge >= 0.3 is 0 Å². The van der Waals surface area contributed by atoms with E-state index < -0.39 is 17.7 Å². The van der Waals surface area contributed by atoms with Gasteiger partial charge in [-0.05, 0) is 72.0 Å². The first kappa shape index (κ1) is 25.9. The number of ketones is 1. The van der Waals surface area contributed by atoms with Crippen molar-refractivity contribution in [1.82, 2.24) is 9.88 Å². The fourth-order valence-corrected chi connectivity index (χ4v) is 4.84. The van der Waals surface area contributed by atoms with Crippen molar-refractivity contribution < 1.29 is 19.4 Å². The highest BCUT2D eigenvalue weighted by Crippen LogP contribution is 2.40. The molecule has 1 aliphatic heterocycles. The van der Waals surface area contributed by atoms with Crippen molar-refractivity contribution in [2.24, 2.45) is 0 Å². The van der Waals surface area contributed by atoms with E-state index in [0.29, 0.717) is 17.9 Å². The summed E-state index contributed by atoms with van der Waals surface area (Å²) in [5, 5.41) is 11.4. The predicted octanol–water partition coefficient (Wildman–Crippen LogP) is 6.15. The van der Waals surface area contributed by atoms with E-state index in [1.165, 1.54) is 4.90 Å². The Hall–Kier alpha value is -4.71. The quantitative estimate of drug-likeness (QED) is 0.172. The van der Waals surface area contributed by atoms with Gasteiger partial charge in [0.2, 0.25) is 0 Å². The maximum absolute atomic E-state index is 13.3. The number of likely N-dealkylation sites (tertiary alicyclic amines) is 1. The van der Waals surface area contributed by atoms with Crippen LogP contribution >= 0.6 is 0 Å². The molecular weight excluding hydrogens is 488 g/mol. The van der Waals surface area contributed by atoms with Crippen LogP contribution in [-0.4, -0.2) is 26.7 Å². The average Bonchev–Trinajstić information content (AvgIpc) is 3.21. The summed E-state index contributed by atoms with van der Waals surface area (Å²) < 4.78 is 5.91. The van der Waals surface area contributed by atoms with Crippen LogP contribution in [0.4, 0.5) is 0 Å². The molecule has 1 fully saturated rings. The molecule has 1 atom stereocenters. The molecule has 5 rings (SSSR count). The lowest BCUT2D eigenvalue weighted by Crippen LogP contribution is -2.29. The first-order valence-electron chi connectivity index (χ1n) is 13.0. The van der Waals surface area contributed by atoms with Crippen molar-refractivity contribution in [2.45, 2.75) is 39.5 Å². The minimum Gasteiger partial charge on any atom is -0.507 e. The zero-order chi connectivity index (χ0) is 27.4. The summed E-state index contributed by atoms with van der Waals surface area (Å²) in [4.78, 5) is 32.2. The molecule has 4 aromatic rings. The maximum Gasteiger partial charge on any atom is 0.295 e. The van der Waals surface area contributed by atoms with E-state index >= 15 is 0 Å². The molecule has 0 radical (unpaired) electrons. The molecule has 1 N–H and O–H groups in total. The van der Waals surface area contributed by atoms with Gasteiger partial charge in [0.15, 0.2) is 0 Å². The third kappa shape index (κ3) is 5.60. The molecule has 1 amide bonds. The number of aliphatic hydroxyl groups is 1. The first-order valence-corrected chi connectivity index (χ1v) is 13.0. The monoisotopic (exact) mass is 518 g/mol. The highest BCUT2D eigenvalue weighted by atomic mass is 16.5. The van der Waals surface area contributed by atoms with Crippen molar-refractivity contribution in [1.29, 1.82) is 0 Å². The van der Waals surface area contributed by atoms with E-state index in [1.54, 1.807) is 36.7 Å². The standard InChI is InChI=1S/C33H30N2O4/c1-3-23-7-9-26(10-8-23)30-29(32(37)33(38)35(30)20-24-15-17-34-18-16-24)31(36)27-11-13-28(14-12-27)39-21-25-6-4-5-22(2)19-25/h4-19,30,36H,3,20-21H2,1-2H3/b31-29-. The molecule has 0 aliphatic carbocycles. The van der Waals surface area contributed by atoms with E-state index in [9.17, 15) is 14.7 Å². The molecule has 0 spiro atoms. The summed E-state index contributed by atoms with van der Waals surface area (Å²) in [7, 11) is 0. The Morgan fingerprint density at radius 2 is 1.62 bits per heavy atom. The number of hydrogen-bond donors (Lipinski definition) is 1. The number of Topliss-reactive ketones (excluding diaryl/α,β-unsaturated/α-hetero) is 1. The van der Waals surface area contributed by atoms with Crippen molar-refractivity contribution in [3.05, 3.63) is 136 Å². The lowest BCUT2D eigenvalue weighted by Gasteiger charge is -2.25. The van der Waals surface area contributed by atoms with Gasteiger partial charge < -0.3 is 14.7 Å². The summed E-state index contributed by atoms with van der Waals surface area (Å²) in [5.41, 5.74) is 5.49. The van der Waals surface area contributed by atoms with Crippen LogP contribution in [0.2, 0.25) is 0 Å². The number of rotatable bonds is 8. The number of benzene rings is 3. The van der Waals surface area contributed by atoms with Gasteiger partial charge in [0.05, 0.1) is 11.6 Å². The number of ether oxygens (including phenoxy) is 1. The minimum absolute atomic E-state index is 0.0757. The van der Waals surface area contributed by atoms with Crippen LogP contribution in [0.1, 0.15) is 46.3 Å². The lowest BCUT2D eigenvalue weighted by molar-refractivity contribution is -0.140. The normalized spacial score (nSPS) is 16.5. The van der Waals surface area contributed by atoms with E-state index in [-0.39, 0.29) is 17.9 Å². The van der Waals surface area contributed by atoms with Crippen molar-refractivity contribution in [3.8, 4) is 5.75 Å². The molecule has 6 nitrogen and oxygen atoms in total. The summed E-state index contributed by atoms with van der Waals surface area (Å²) in [5.74, 6) is -0.916. The fourth-order valence-electron chi connectivity index (χ4n) is 4.84. The second-order valence-corrected chi connectivity index (χ2v) is 9.68. The fraction of sp³-hybridized carbons (Fsp3) is 0.182. The number of nitrogens with zero attached hydrogens (tertiary/aromatic N) is 2. The number of hydrogen-bond acceptors (Lipinski definition) is 5. The Labute approximate surface area is 228 Å². The molecule has 0 saturated carbocycles. The summed E-state index contributed by atoms with van der Waals surface area (Å²) in [6.45, 7) is 4.74. The Morgan fingerprint density at radius 3 is 2.28 bits per heavy atom. The third-order valence-corrected chi connectivity index (χ3v) is 6.96. The van der Waals surface area contributed by atoms with Crippen LogP contribution in [0.25, 0.3) is 5.76 Å². The molecule has 1 saturated heterocycles. The molecule has 1 aromatic heterocycles. The topological polar surface area (TPSA) is 79.7 Å². The second kappa shape index (κ2) is 11.4. The lowest BCUT2D eigenvalue weighted by atomic mass is 9.94. The molecule has 39 heavy (non-hydrogen) atoms.